The molecule has 2 unspecified atom stereocenters. The van der Waals surface area contributed by atoms with Gasteiger partial charge in [-0.2, -0.15) is 0 Å². The van der Waals surface area contributed by atoms with Gasteiger partial charge in [0.25, 0.3) is 0 Å². The van der Waals surface area contributed by atoms with Gasteiger partial charge in [-0.3, -0.25) is 0 Å². The second-order valence-corrected chi connectivity index (χ2v) is 6.36. The quantitative estimate of drug-likeness (QED) is 0.836. The van der Waals surface area contributed by atoms with Gasteiger partial charge in [0, 0.05) is 30.4 Å². The zero-order chi connectivity index (χ0) is 14.5. The van der Waals surface area contributed by atoms with E-state index in [1.807, 2.05) is 12.4 Å². The van der Waals surface area contributed by atoms with Crippen LogP contribution >= 0.6 is 11.3 Å². The molecule has 0 aliphatic heterocycles. The van der Waals surface area contributed by atoms with Crippen LogP contribution in [0.3, 0.4) is 0 Å². The molecule has 0 bridgehead atoms. The molecule has 2 rings (SSSR count). The normalized spacial score (nSPS) is 14.7. The third kappa shape index (κ3) is 3.30. The first-order chi connectivity index (χ1) is 9.67. The number of rotatable bonds is 7. The standard InChI is InChI=1S/C16H25N3S/c1-5-13(6-2)12(3)18-15(14-8-7-11-20-14)16-17-9-10-19(16)4/h7-13,15,18H,5-6H2,1-4H3. The highest BCUT2D eigenvalue weighted by atomic mass is 32.1. The summed E-state index contributed by atoms with van der Waals surface area (Å²) < 4.78 is 2.11. The van der Waals surface area contributed by atoms with Gasteiger partial charge < -0.3 is 9.88 Å². The Balaban J connectivity index is 2.23. The maximum Gasteiger partial charge on any atom is 0.131 e. The van der Waals surface area contributed by atoms with Crippen LogP contribution in [0.1, 0.15) is 50.4 Å². The fourth-order valence-corrected chi connectivity index (χ4v) is 3.57. The molecule has 0 aliphatic rings. The summed E-state index contributed by atoms with van der Waals surface area (Å²) in [5, 5.41) is 5.93. The summed E-state index contributed by atoms with van der Waals surface area (Å²) in [5.41, 5.74) is 0. The molecule has 0 spiro atoms. The number of hydrogen-bond acceptors (Lipinski definition) is 3. The van der Waals surface area contributed by atoms with Gasteiger partial charge in [-0.15, -0.1) is 11.3 Å². The highest BCUT2D eigenvalue weighted by Crippen LogP contribution is 2.27. The van der Waals surface area contributed by atoms with Crippen LogP contribution in [0.5, 0.6) is 0 Å². The van der Waals surface area contributed by atoms with Crippen molar-refractivity contribution in [3.8, 4) is 0 Å². The fourth-order valence-electron chi connectivity index (χ4n) is 2.79. The average molecular weight is 291 g/mol. The monoisotopic (exact) mass is 291 g/mol. The van der Waals surface area contributed by atoms with Crippen LogP contribution in [0.15, 0.2) is 29.9 Å². The zero-order valence-electron chi connectivity index (χ0n) is 12.8. The Hall–Kier alpha value is -1.13. The van der Waals surface area contributed by atoms with E-state index in [1.165, 1.54) is 17.7 Å². The third-order valence-electron chi connectivity index (χ3n) is 4.13. The molecule has 0 saturated heterocycles. The summed E-state index contributed by atoms with van der Waals surface area (Å²) >= 11 is 1.79. The van der Waals surface area contributed by atoms with Gasteiger partial charge >= 0.3 is 0 Å². The smallest absolute Gasteiger partial charge is 0.131 e. The Morgan fingerprint density at radius 2 is 2.10 bits per heavy atom. The molecule has 2 heterocycles. The molecule has 0 amide bonds. The van der Waals surface area contributed by atoms with E-state index in [2.05, 4.69) is 60.2 Å². The van der Waals surface area contributed by atoms with Crippen LogP contribution in [0, 0.1) is 5.92 Å². The molecule has 2 aromatic rings. The van der Waals surface area contributed by atoms with Crippen LogP contribution in [-0.2, 0) is 7.05 Å². The van der Waals surface area contributed by atoms with Gasteiger partial charge in [0.15, 0.2) is 0 Å². The summed E-state index contributed by atoms with van der Waals surface area (Å²) in [6, 6.07) is 4.97. The van der Waals surface area contributed by atoms with Crippen molar-refractivity contribution in [2.45, 2.75) is 45.7 Å². The molecule has 4 heteroatoms. The van der Waals surface area contributed by atoms with Crippen molar-refractivity contribution in [3.05, 3.63) is 40.6 Å². The van der Waals surface area contributed by atoms with Gasteiger partial charge in [-0.25, -0.2) is 4.98 Å². The molecule has 110 valence electrons. The van der Waals surface area contributed by atoms with Gasteiger partial charge in [0.05, 0.1) is 0 Å². The number of aromatic nitrogens is 2. The van der Waals surface area contributed by atoms with E-state index in [0.29, 0.717) is 12.0 Å². The maximum absolute atomic E-state index is 4.54. The van der Waals surface area contributed by atoms with Gasteiger partial charge in [-0.05, 0) is 24.3 Å². The Morgan fingerprint density at radius 1 is 1.35 bits per heavy atom. The molecular weight excluding hydrogens is 266 g/mol. The van der Waals surface area contributed by atoms with Crippen LogP contribution in [0.2, 0.25) is 0 Å². The lowest BCUT2D eigenvalue weighted by Gasteiger charge is -2.27. The molecule has 0 aromatic carbocycles. The number of nitrogens with zero attached hydrogens (tertiary/aromatic N) is 2. The van der Waals surface area contributed by atoms with E-state index in [0.717, 1.165) is 5.82 Å². The second kappa shape index (κ2) is 7.04. The third-order valence-corrected chi connectivity index (χ3v) is 5.07. The Kier molecular flexibility index (Phi) is 5.38. The predicted molar refractivity (Wildman–Crippen MR) is 86.0 cm³/mol. The van der Waals surface area contributed by atoms with E-state index in [4.69, 9.17) is 0 Å². The van der Waals surface area contributed by atoms with Gasteiger partial charge in [0.2, 0.25) is 0 Å². The topological polar surface area (TPSA) is 29.9 Å². The van der Waals surface area contributed by atoms with E-state index in [9.17, 15) is 0 Å². The minimum Gasteiger partial charge on any atom is -0.336 e. The number of nitrogens with one attached hydrogen (secondary N) is 1. The van der Waals surface area contributed by atoms with Crippen molar-refractivity contribution < 1.29 is 0 Å². The number of hydrogen-bond donors (Lipinski definition) is 1. The number of aryl methyl sites for hydroxylation is 1. The van der Waals surface area contributed by atoms with Crippen molar-refractivity contribution in [1.82, 2.24) is 14.9 Å². The number of thiophene rings is 1. The van der Waals surface area contributed by atoms with Crippen molar-refractivity contribution in [2.24, 2.45) is 13.0 Å². The zero-order valence-corrected chi connectivity index (χ0v) is 13.7. The molecule has 2 aromatic heterocycles. The van der Waals surface area contributed by atoms with E-state index < -0.39 is 0 Å². The lowest BCUT2D eigenvalue weighted by Crippen LogP contribution is -2.37. The molecule has 1 N–H and O–H groups in total. The van der Waals surface area contributed by atoms with Crippen LogP contribution in [0.4, 0.5) is 0 Å². The lowest BCUT2D eigenvalue weighted by atomic mass is 9.94. The molecule has 3 nitrogen and oxygen atoms in total. The summed E-state index contributed by atoms with van der Waals surface area (Å²) in [6.07, 6.45) is 6.31. The summed E-state index contributed by atoms with van der Waals surface area (Å²) in [4.78, 5) is 5.87. The highest BCUT2D eigenvalue weighted by Gasteiger charge is 2.23. The summed E-state index contributed by atoms with van der Waals surface area (Å²) in [5.74, 6) is 1.79. The van der Waals surface area contributed by atoms with Gasteiger partial charge in [0.1, 0.15) is 11.9 Å². The van der Waals surface area contributed by atoms with Crippen molar-refractivity contribution in [1.29, 1.82) is 0 Å². The molecule has 20 heavy (non-hydrogen) atoms. The van der Waals surface area contributed by atoms with Crippen molar-refractivity contribution in [3.63, 3.8) is 0 Å². The van der Waals surface area contributed by atoms with E-state index in [-0.39, 0.29) is 6.04 Å². The van der Waals surface area contributed by atoms with Crippen LogP contribution < -0.4 is 5.32 Å². The molecular formula is C16H25N3S. The van der Waals surface area contributed by atoms with Gasteiger partial charge in [-0.1, -0.05) is 32.8 Å². The van der Waals surface area contributed by atoms with Crippen molar-refractivity contribution in [2.75, 3.05) is 0 Å². The first-order valence-electron chi connectivity index (χ1n) is 7.44. The first-order valence-corrected chi connectivity index (χ1v) is 8.32. The minimum atomic E-state index is 0.186. The summed E-state index contributed by atoms with van der Waals surface area (Å²) in [7, 11) is 2.06. The Bertz CT molecular complexity index is 500. The molecule has 0 fully saturated rings. The minimum absolute atomic E-state index is 0.186. The molecule has 0 aliphatic carbocycles. The summed E-state index contributed by atoms with van der Waals surface area (Å²) in [6.45, 7) is 6.84. The lowest BCUT2D eigenvalue weighted by molar-refractivity contribution is 0.332. The maximum atomic E-state index is 4.54. The number of imidazole rings is 1. The predicted octanol–water partition coefficient (Wildman–Crippen LogP) is 3.99. The first kappa shape index (κ1) is 15.3. The Labute approximate surface area is 126 Å². The van der Waals surface area contributed by atoms with E-state index in [1.54, 1.807) is 11.3 Å². The van der Waals surface area contributed by atoms with Crippen LogP contribution in [-0.4, -0.2) is 15.6 Å². The largest absolute Gasteiger partial charge is 0.336 e. The molecule has 2 atom stereocenters. The molecule has 0 saturated carbocycles. The Morgan fingerprint density at radius 3 is 2.60 bits per heavy atom. The average Bonchev–Trinajstić information content (AvgIpc) is 3.09. The molecule has 0 radical (unpaired) electrons. The van der Waals surface area contributed by atoms with E-state index >= 15 is 0 Å². The van der Waals surface area contributed by atoms with Crippen LogP contribution in [0.25, 0.3) is 0 Å². The SMILES string of the molecule is CCC(CC)C(C)NC(c1cccs1)c1nccn1C. The second-order valence-electron chi connectivity index (χ2n) is 5.38. The fraction of sp³-hybridized carbons (Fsp3) is 0.562. The highest BCUT2D eigenvalue weighted by molar-refractivity contribution is 7.10. The van der Waals surface area contributed by atoms with Crippen molar-refractivity contribution >= 4 is 11.3 Å².